The van der Waals surface area contributed by atoms with Crippen LogP contribution in [0.1, 0.15) is 12.5 Å². The van der Waals surface area contributed by atoms with E-state index in [9.17, 15) is 15.0 Å². The van der Waals surface area contributed by atoms with Crippen molar-refractivity contribution in [3.05, 3.63) is 28.8 Å². The Bertz CT molecular complexity index is 942. The van der Waals surface area contributed by atoms with E-state index < -0.39 is 22.1 Å². The Hall–Kier alpha value is -2.32. The second kappa shape index (κ2) is 6.89. The molecule has 0 aliphatic heterocycles. The predicted octanol–water partition coefficient (Wildman–Crippen LogP) is -1.48. The molecule has 1 aliphatic carbocycles. The number of aromatic amines is 1. The van der Waals surface area contributed by atoms with Gasteiger partial charge in [0.25, 0.3) is 5.56 Å². The lowest BCUT2D eigenvalue weighted by molar-refractivity contribution is 0.101. The number of hydrogen-bond acceptors (Lipinski definition) is 8. The van der Waals surface area contributed by atoms with Crippen LogP contribution < -0.4 is 11.3 Å². The van der Waals surface area contributed by atoms with Crippen LogP contribution in [-0.4, -0.2) is 60.0 Å². The van der Waals surface area contributed by atoms with Crippen LogP contribution in [0.2, 0.25) is 0 Å². The van der Waals surface area contributed by atoms with Crippen molar-refractivity contribution in [2.24, 2.45) is 5.92 Å². The summed E-state index contributed by atoms with van der Waals surface area (Å²) in [6, 6.07) is -0.263. The number of fused-ring (bicyclic) bond motifs is 1. The van der Waals surface area contributed by atoms with Crippen LogP contribution >= 0.6 is 0 Å². The number of imidazole rings is 1. The Labute approximate surface area is 141 Å². The van der Waals surface area contributed by atoms with Crippen molar-refractivity contribution in [2.75, 3.05) is 12.3 Å². The summed E-state index contributed by atoms with van der Waals surface area (Å²) in [7, 11) is -4.67. The number of aliphatic hydroxyl groups excluding tert-OH is 2. The second-order valence-corrected chi connectivity index (χ2v) is 6.30. The summed E-state index contributed by atoms with van der Waals surface area (Å²) in [4.78, 5) is 22.2. The molecule has 3 rings (SSSR count). The number of rotatable bonds is 2. The molecule has 1 aliphatic rings. The molecule has 0 saturated heterocycles. The van der Waals surface area contributed by atoms with Crippen LogP contribution in [0.15, 0.2) is 23.3 Å². The van der Waals surface area contributed by atoms with Crippen LogP contribution in [-0.2, 0) is 10.4 Å². The molecule has 0 spiro atoms. The lowest BCUT2D eigenvalue weighted by Gasteiger charge is -2.15. The quantitative estimate of drug-likeness (QED) is 0.265. The summed E-state index contributed by atoms with van der Waals surface area (Å²) in [6.45, 7) is 3.76. The van der Waals surface area contributed by atoms with E-state index in [-0.39, 0.29) is 30.0 Å². The summed E-state index contributed by atoms with van der Waals surface area (Å²) in [5.41, 5.74) is 6.37. The molecule has 12 nitrogen and oxygen atoms in total. The normalized spacial score (nSPS) is 23.5. The minimum atomic E-state index is -4.67. The average molecular weight is 375 g/mol. The number of nitrogen functional groups attached to an aromatic ring is 1. The lowest BCUT2D eigenvalue weighted by atomic mass is 10.0. The van der Waals surface area contributed by atoms with Crippen LogP contribution in [0, 0.1) is 5.92 Å². The Morgan fingerprint density at radius 1 is 1.44 bits per heavy atom. The summed E-state index contributed by atoms with van der Waals surface area (Å²) < 4.78 is 33.3. The highest BCUT2D eigenvalue weighted by Crippen LogP contribution is 2.39. The molecule has 7 N–H and O–H groups in total. The van der Waals surface area contributed by atoms with Crippen LogP contribution in [0.4, 0.5) is 5.95 Å². The zero-order chi connectivity index (χ0) is 18.9. The van der Waals surface area contributed by atoms with E-state index in [1.807, 2.05) is 0 Å². The van der Waals surface area contributed by atoms with E-state index in [1.165, 1.54) is 6.33 Å². The lowest BCUT2D eigenvalue weighted by Crippen LogP contribution is -2.17. The number of anilines is 1. The molecule has 138 valence electrons. The van der Waals surface area contributed by atoms with Crippen molar-refractivity contribution < 1.29 is 27.7 Å². The van der Waals surface area contributed by atoms with Gasteiger partial charge in [0.2, 0.25) is 5.95 Å². The fraction of sp³-hybridized carbons (Fsp3) is 0.417. The van der Waals surface area contributed by atoms with Gasteiger partial charge in [-0.05, 0) is 12.0 Å². The van der Waals surface area contributed by atoms with Gasteiger partial charge in [0.15, 0.2) is 11.2 Å². The molecule has 1 saturated carbocycles. The van der Waals surface area contributed by atoms with Crippen LogP contribution in [0.3, 0.4) is 0 Å². The van der Waals surface area contributed by atoms with Crippen LogP contribution in [0.5, 0.6) is 0 Å². The smallest absolute Gasteiger partial charge is 0.394 e. The minimum absolute atomic E-state index is 0.00659. The van der Waals surface area contributed by atoms with Crippen molar-refractivity contribution >= 4 is 27.5 Å². The van der Waals surface area contributed by atoms with E-state index in [0.717, 1.165) is 0 Å². The zero-order valence-electron chi connectivity index (χ0n) is 12.8. The fourth-order valence-corrected chi connectivity index (χ4v) is 2.74. The molecule has 25 heavy (non-hydrogen) atoms. The molecule has 0 unspecified atom stereocenters. The Morgan fingerprint density at radius 3 is 2.56 bits per heavy atom. The standard InChI is InChI=1S/C12H15N5O3.H2O4S/c1-5-6(3-18)8(19)2-7(5)17-4-14-9-10(17)15-12(13)16-11(9)20;1-5(2,3)4/h4,6-8,18-19H,1-3H2,(H3,13,15,16,20);(H2,1,2,3,4)/t6-,7-,8-;/m0./s1. The van der Waals surface area contributed by atoms with Gasteiger partial charge in [-0.2, -0.15) is 13.4 Å². The molecule has 3 atom stereocenters. The van der Waals surface area contributed by atoms with Gasteiger partial charge in [0.1, 0.15) is 0 Å². The Kier molecular flexibility index (Phi) is 5.24. The highest BCUT2D eigenvalue weighted by Gasteiger charge is 2.37. The summed E-state index contributed by atoms with van der Waals surface area (Å²) in [6.07, 6.45) is 1.20. The molecule has 0 bridgehead atoms. The molecule has 0 aromatic carbocycles. The number of hydrogen-bond donors (Lipinski definition) is 6. The van der Waals surface area contributed by atoms with E-state index in [1.54, 1.807) is 4.57 Å². The van der Waals surface area contributed by atoms with Gasteiger partial charge in [-0.3, -0.25) is 18.9 Å². The van der Waals surface area contributed by atoms with E-state index in [0.29, 0.717) is 17.6 Å². The molecule has 1 fully saturated rings. The number of aromatic nitrogens is 4. The number of nitrogens with two attached hydrogens (primary N) is 1. The van der Waals surface area contributed by atoms with Crippen molar-refractivity contribution in [1.29, 1.82) is 0 Å². The molecular formula is C12H17N5O7S. The number of aliphatic hydroxyl groups is 2. The van der Waals surface area contributed by atoms with Gasteiger partial charge in [-0.15, -0.1) is 0 Å². The molecule has 0 amide bonds. The first kappa shape index (κ1) is 19.0. The van der Waals surface area contributed by atoms with Crippen molar-refractivity contribution in [1.82, 2.24) is 19.5 Å². The fourth-order valence-electron chi connectivity index (χ4n) is 2.74. The SMILES string of the molecule is C=C1[C@H](CO)[C@@H](O)C[C@@H]1n1cnc2c(=O)[nH]c(N)nc21.O=S(=O)(O)O. The van der Waals surface area contributed by atoms with Gasteiger partial charge in [-0.1, -0.05) is 6.58 Å². The van der Waals surface area contributed by atoms with E-state index in [4.69, 9.17) is 23.3 Å². The highest BCUT2D eigenvalue weighted by atomic mass is 32.3. The minimum Gasteiger partial charge on any atom is -0.396 e. The third-order valence-electron chi connectivity index (χ3n) is 3.82. The maximum absolute atomic E-state index is 11.7. The van der Waals surface area contributed by atoms with Crippen molar-refractivity contribution in [3.8, 4) is 0 Å². The van der Waals surface area contributed by atoms with Gasteiger partial charge in [0, 0.05) is 5.92 Å². The average Bonchev–Trinajstić information content (AvgIpc) is 2.98. The molecular weight excluding hydrogens is 358 g/mol. The molecule has 0 radical (unpaired) electrons. The highest BCUT2D eigenvalue weighted by molar-refractivity contribution is 7.79. The van der Waals surface area contributed by atoms with Crippen LogP contribution in [0.25, 0.3) is 11.2 Å². The topological polar surface area (TPSA) is 205 Å². The molecule has 2 aromatic rings. The Morgan fingerprint density at radius 2 is 2.04 bits per heavy atom. The van der Waals surface area contributed by atoms with Crippen molar-refractivity contribution in [2.45, 2.75) is 18.6 Å². The maximum atomic E-state index is 11.7. The van der Waals surface area contributed by atoms with Gasteiger partial charge in [-0.25, -0.2) is 4.98 Å². The number of H-pyrrole nitrogens is 1. The molecule has 2 aromatic heterocycles. The van der Waals surface area contributed by atoms with Gasteiger partial charge >= 0.3 is 10.4 Å². The predicted molar refractivity (Wildman–Crippen MR) is 86.1 cm³/mol. The zero-order valence-corrected chi connectivity index (χ0v) is 13.6. The van der Waals surface area contributed by atoms with Crippen molar-refractivity contribution in [3.63, 3.8) is 0 Å². The third-order valence-corrected chi connectivity index (χ3v) is 3.82. The Balaban J connectivity index is 0.000000399. The first-order valence-corrected chi connectivity index (χ1v) is 8.32. The summed E-state index contributed by atoms with van der Waals surface area (Å²) in [5.74, 6) is -0.371. The number of nitrogens with zero attached hydrogens (tertiary/aromatic N) is 3. The van der Waals surface area contributed by atoms with E-state index >= 15 is 0 Å². The van der Waals surface area contributed by atoms with Gasteiger partial charge in [0.05, 0.1) is 25.1 Å². The van der Waals surface area contributed by atoms with E-state index in [2.05, 4.69) is 21.5 Å². The maximum Gasteiger partial charge on any atom is 0.394 e. The van der Waals surface area contributed by atoms with Gasteiger partial charge < -0.3 is 20.5 Å². The summed E-state index contributed by atoms with van der Waals surface area (Å²) >= 11 is 0. The summed E-state index contributed by atoms with van der Waals surface area (Å²) in [5, 5.41) is 19.2. The number of nitrogens with one attached hydrogen (secondary N) is 1. The first-order chi connectivity index (χ1) is 11.5. The second-order valence-electron chi connectivity index (χ2n) is 5.41. The molecule has 13 heteroatoms. The third kappa shape index (κ3) is 4.21. The monoisotopic (exact) mass is 375 g/mol. The largest absolute Gasteiger partial charge is 0.396 e. The molecule has 2 heterocycles. The first-order valence-electron chi connectivity index (χ1n) is 6.92.